The highest BCUT2D eigenvalue weighted by atomic mass is 16.5. The van der Waals surface area contributed by atoms with Gasteiger partial charge in [-0.25, -0.2) is 4.98 Å². The summed E-state index contributed by atoms with van der Waals surface area (Å²) in [6.45, 7) is 7.92. The van der Waals surface area contributed by atoms with Crippen LogP contribution in [0.15, 0.2) is 18.3 Å². The van der Waals surface area contributed by atoms with Crippen molar-refractivity contribution in [1.29, 1.82) is 0 Å². The number of amides is 2. The van der Waals surface area contributed by atoms with E-state index in [1.54, 1.807) is 19.1 Å². The summed E-state index contributed by atoms with van der Waals surface area (Å²) in [6.07, 6.45) is 1.88. The minimum atomic E-state index is -1.08. The molecule has 1 unspecified atom stereocenters. The van der Waals surface area contributed by atoms with Crippen molar-refractivity contribution in [3.63, 3.8) is 0 Å². The zero-order valence-electron chi connectivity index (χ0n) is 13.0. The van der Waals surface area contributed by atoms with Gasteiger partial charge in [0.05, 0.1) is 12.2 Å². The summed E-state index contributed by atoms with van der Waals surface area (Å²) in [5.41, 5.74) is 4.70. The van der Waals surface area contributed by atoms with Crippen LogP contribution in [0.2, 0.25) is 0 Å². The number of carbonyl (C=O) groups excluding carboxylic acids is 2. The largest absolute Gasteiger partial charge is 0.478 e. The average molecular weight is 293 g/mol. The number of ether oxygens (including phenoxy) is 1. The molecule has 0 aliphatic carbocycles. The van der Waals surface area contributed by atoms with Gasteiger partial charge in [-0.3, -0.25) is 9.59 Å². The first-order valence-electron chi connectivity index (χ1n) is 6.99. The number of carbonyl (C=O) groups is 2. The summed E-state index contributed by atoms with van der Waals surface area (Å²) in [4.78, 5) is 27.9. The lowest BCUT2D eigenvalue weighted by Gasteiger charge is -2.29. The van der Waals surface area contributed by atoms with Crippen LogP contribution in [0.3, 0.4) is 0 Å². The third kappa shape index (κ3) is 4.73. The molecule has 2 amide bonds. The molecule has 0 radical (unpaired) electrons. The highest BCUT2D eigenvalue weighted by Crippen LogP contribution is 2.17. The maximum Gasteiger partial charge on any atom is 0.253 e. The van der Waals surface area contributed by atoms with Crippen LogP contribution in [0.1, 0.15) is 44.5 Å². The molecule has 0 spiro atoms. The van der Waals surface area contributed by atoms with Crippen LogP contribution in [0.5, 0.6) is 5.88 Å². The second-order valence-corrected chi connectivity index (χ2v) is 5.57. The molecule has 1 aromatic heterocycles. The summed E-state index contributed by atoms with van der Waals surface area (Å²) >= 11 is 0. The van der Waals surface area contributed by atoms with Gasteiger partial charge in [-0.05, 0) is 32.3 Å². The van der Waals surface area contributed by atoms with E-state index in [0.29, 0.717) is 24.5 Å². The molecule has 3 N–H and O–H groups in total. The van der Waals surface area contributed by atoms with Crippen LogP contribution in [0, 0.1) is 5.92 Å². The first kappa shape index (κ1) is 16.9. The molecule has 0 bridgehead atoms. The molecule has 1 atom stereocenters. The molecule has 116 valence electrons. The van der Waals surface area contributed by atoms with Gasteiger partial charge < -0.3 is 15.8 Å². The Hall–Kier alpha value is -2.11. The summed E-state index contributed by atoms with van der Waals surface area (Å²) in [5, 5.41) is 2.70. The van der Waals surface area contributed by atoms with Crippen molar-refractivity contribution in [1.82, 2.24) is 10.3 Å². The Bertz CT molecular complexity index is 499. The highest BCUT2D eigenvalue weighted by molar-refractivity contribution is 5.98. The summed E-state index contributed by atoms with van der Waals surface area (Å²) in [5.74, 6) is -0.258. The van der Waals surface area contributed by atoms with E-state index in [0.717, 1.165) is 0 Å². The van der Waals surface area contributed by atoms with Crippen molar-refractivity contribution in [2.45, 2.75) is 39.7 Å². The molecular weight excluding hydrogens is 270 g/mol. The third-order valence-corrected chi connectivity index (χ3v) is 3.04. The minimum Gasteiger partial charge on any atom is -0.478 e. The van der Waals surface area contributed by atoms with E-state index in [4.69, 9.17) is 10.5 Å². The van der Waals surface area contributed by atoms with E-state index in [9.17, 15) is 9.59 Å². The lowest BCUT2D eigenvalue weighted by atomic mass is 9.89. The van der Waals surface area contributed by atoms with E-state index in [2.05, 4.69) is 10.3 Å². The van der Waals surface area contributed by atoms with Gasteiger partial charge in [0.1, 0.15) is 5.54 Å². The number of nitrogens with zero attached hydrogens (tertiary/aromatic N) is 1. The van der Waals surface area contributed by atoms with Crippen molar-refractivity contribution >= 4 is 11.8 Å². The van der Waals surface area contributed by atoms with Gasteiger partial charge >= 0.3 is 0 Å². The number of hydrogen-bond donors (Lipinski definition) is 2. The van der Waals surface area contributed by atoms with Crippen LogP contribution in [0.4, 0.5) is 0 Å². The Morgan fingerprint density at radius 2 is 2.10 bits per heavy atom. The van der Waals surface area contributed by atoms with Crippen LogP contribution < -0.4 is 15.8 Å². The van der Waals surface area contributed by atoms with Gasteiger partial charge in [0.25, 0.3) is 5.91 Å². The standard InChI is InChI=1S/C15H23N3O3/c1-5-21-12-7-6-11(9-17-12)13(19)18-15(4,14(16)20)8-10(2)3/h6-7,9-10H,5,8H2,1-4H3,(H2,16,20)(H,18,19). The molecule has 6 heteroatoms. The van der Waals surface area contributed by atoms with Crippen LogP contribution in [-0.2, 0) is 4.79 Å². The maximum absolute atomic E-state index is 12.2. The van der Waals surface area contributed by atoms with E-state index in [1.807, 2.05) is 20.8 Å². The van der Waals surface area contributed by atoms with E-state index < -0.39 is 11.4 Å². The molecule has 21 heavy (non-hydrogen) atoms. The minimum absolute atomic E-state index is 0.223. The quantitative estimate of drug-likeness (QED) is 0.796. The predicted molar refractivity (Wildman–Crippen MR) is 79.9 cm³/mol. The second kappa shape index (κ2) is 7.06. The van der Waals surface area contributed by atoms with E-state index in [1.165, 1.54) is 6.20 Å². The number of nitrogens with two attached hydrogens (primary N) is 1. The number of hydrogen-bond acceptors (Lipinski definition) is 4. The molecule has 0 saturated heterocycles. The van der Waals surface area contributed by atoms with Gasteiger partial charge in [0.15, 0.2) is 0 Å². The zero-order valence-corrected chi connectivity index (χ0v) is 13.0. The van der Waals surface area contributed by atoms with Crippen molar-refractivity contribution in [3.8, 4) is 5.88 Å². The van der Waals surface area contributed by atoms with Crippen molar-refractivity contribution in [2.75, 3.05) is 6.61 Å². The number of aromatic nitrogens is 1. The molecule has 0 aliphatic rings. The number of primary amides is 1. The van der Waals surface area contributed by atoms with Gasteiger partial charge in [0, 0.05) is 12.3 Å². The average Bonchev–Trinajstić information content (AvgIpc) is 2.38. The molecular formula is C15H23N3O3. The van der Waals surface area contributed by atoms with E-state index in [-0.39, 0.29) is 11.8 Å². The molecule has 0 saturated carbocycles. The summed E-state index contributed by atoms with van der Waals surface area (Å²) < 4.78 is 5.22. The number of rotatable bonds is 7. The molecule has 0 aromatic carbocycles. The lowest BCUT2D eigenvalue weighted by Crippen LogP contribution is -2.56. The van der Waals surface area contributed by atoms with Crippen molar-refractivity contribution in [3.05, 3.63) is 23.9 Å². The topological polar surface area (TPSA) is 94.3 Å². The molecule has 0 aliphatic heterocycles. The van der Waals surface area contributed by atoms with Crippen molar-refractivity contribution < 1.29 is 14.3 Å². The van der Waals surface area contributed by atoms with Crippen LogP contribution in [0.25, 0.3) is 0 Å². The van der Waals surface area contributed by atoms with Gasteiger partial charge in [-0.1, -0.05) is 13.8 Å². The Morgan fingerprint density at radius 3 is 2.52 bits per heavy atom. The van der Waals surface area contributed by atoms with Gasteiger partial charge in [-0.15, -0.1) is 0 Å². The number of nitrogens with one attached hydrogen (secondary N) is 1. The molecule has 1 rings (SSSR count). The van der Waals surface area contributed by atoms with Crippen molar-refractivity contribution in [2.24, 2.45) is 11.7 Å². The lowest BCUT2D eigenvalue weighted by molar-refractivity contribution is -0.124. The van der Waals surface area contributed by atoms with Crippen LogP contribution in [-0.4, -0.2) is 28.9 Å². The SMILES string of the molecule is CCOc1ccc(C(=O)NC(C)(CC(C)C)C(N)=O)cn1. The fourth-order valence-electron chi connectivity index (χ4n) is 2.10. The smallest absolute Gasteiger partial charge is 0.253 e. The molecule has 0 fully saturated rings. The Morgan fingerprint density at radius 1 is 1.43 bits per heavy atom. The fourth-order valence-corrected chi connectivity index (χ4v) is 2.10. The molecule has 1 heterocycles. The molecule has 1 aromatic rings. The number of pyridine rings is 1. The van der Waals surface area contributed by atoms with E-state index >= 15 is 0 Å². The zero-order chi connectivity index (χ0) is 16.0. The normalized spacial score (nSPS) is 13.6. The highest BCUT2D eigenvalue weighted by Gasteiger charge is 2.33. The maximum atomic E-state index is 12.2. The first-order chi connectivity index (χ1) is 9.78. The summed E-state index contributed by atoms with van der Waals surface area (Å²) in [7, 11) is 0. The van der Waals surface area contributed by atoms with Crippen LogP contribution >= 0.6 is 0 Å². The van der Waals surface area contributed by atoms with Gasteiger partial charge in [0.2, 0.25) is 11.8 Å². The van der Waals surface area contributed by atoms with Gasteiger partial charge in [-0.2, -0.15) is 0 Å². The Balaban J connectivity index is 2.84. The summed E-state index contributed by atoms with van der Waals surface area (Å²) in [6, 6.07) is 3.21. The Kier molecular flexibility index (Phi) is 5.69. The molecule has 6 nitrogen and oxygen atoms in total. The first-order valence-corrected chi connectivity index (χ1v) is 6.99. The second-order valence-electron chi connectivity index (χ2n) is 5.57. The predicted octanol–water partition coefficient (Wildman–Crippen LogP) is 1.50. The third-order valence-electron chi connectivity index (χ3n) is 3.04. The fraction of sp³-hybridized carbons (Fsp3) is 0.533. The Labute approximate surface area is 125 Å². The monoisotopic (exact) mass is 293 g/mol.